The second-order valence-corrected chi connectivity index (χ2v) is 9.07. The maximum absolute atomic E-state index is 13.5. The lowest BCUT2D eigenvalue weighted by atomic mass is 10.1. The maximum atomic E-state index is 13.5. The molecular weight excluding hydrogens is 479 g/mol. The van der Waals surface area contributed by atoms with Crippen LogP contribution in [0, 0.1) is 5.82 Å². The number of aromatic nitrogens is 2. The Kier molecular flexibility index (Phi) is 6.82. The molecule has 1 aliphatic heterocycles. The number of halogens is 2. The Morgan fingerprint density at radius 2 is 1.75 bits per heavy atom. The molecule has 4 aromatic rings. The monoisotopic (exact) mass is 502 g/mol. The second kappa shape index (κ2) is 10.3. The SMILES string of the molecule is CN(Cc1ccccc1)c1nc2c(c(Oc3ccc(F)cc3)n1)CN(C(=O)c1ccc(Cl)cc1)CC2. The van der Waals surface area contributed by atoms with Gasteiger partial charge < -0.3 is 14.5 Å². The minimum absolute atomic E-state index is 0.102. The average Bonchev–Trinajstić information content (AvgIpc) is 2.90. The van der Waals surface area contributed by atoms with Crippen molar-refractivity contribution in [1.29, 1.82) is 0 Å². The molecule has 1 aliphatic rings. The van der Waals surface area contributed by atoms with E-state index in [2.05, 4.69) is 0 Å². The smallest absolute Gasteiger partial charge is 0.254 e. The number of carbonyl (C=O) groups is 1. The lowest BCUT2D eigenvalue weighted by Gasteiger charge is -2.30. The van der Waals surface area contributed by atoms with Crippen molar-refractivity contribution >= 4 is 23.5 Å². The van der Waals surface area contributed by atoms with E-state index in [9.17, 15) is 9.18 Å². The van der Waals surface area contributed by atoms with Crippen molar-refractivity contribution in [3.8, 4) is 11.6 Å². The number of benzene rings is 3. The standard InChI is InChI=1S/C28H24ClFN4O2/c1-33(17-19-5-3-2-4-6-19)28-31-25-15-16-34(27(35)20-7-9-21(29)10-8-20)18-24(25)26(32-28)36-23-13-11-22(30)12-14-23/h2-14H,15-18H2,1H3. The quantitative estimate of drug-likeness (QED) is 0.329. The van der Waals surface area contributed by atoms with Crippen molar-refractivity contribution in [2.75, 3.05) is 18.5 Å². The second-order valence-electron chi connectivity index (χ2n) is 8.64. The molecule has 8 heteroatoms. The molecule has 0 saturated heterocycles. The van der Waals surface area contributed by atoms with Gasteiger partial charge in [-0.1, -0.05) is 41.9 Å². The van der Waals surface area contributed by atoms with Crippen molar-refractivity contribution in [1.82, 2.24) is 14.9 Å². The highest BCUT2D eigenvalue weighted by molar-refractivity contribution is 6.30. The van der Waals surface area contributed by atoms with Crippen LogP contribution < -0.4 is 9.64 Å². The summed E-state index contributed by atoms with van der Waals surface area (Å²) < 4.78 is 19.6. The van der Waals surface area contributed by atoms with Crippen molar-refractivity contribution in [3.63, 3.8) is 0 Å². The fourth-order valence-corrected chi connectivity index (χ4v) is 4.24. The summed E-state index contributed by atoms with van der Waals surface area (Å²) in [5.74, 6) is 0.878. The molecule has 36 heavy (non-hydrogen) atoms. The van der Waals surface area contributed by atoms with Gasteiger partial charge in [0, 0.05) is 37.1 Å². The Morgan fingerprint density at radius 3 is 2.47 bits per heavy atom. The summed E-state index contributed by atoms with van der Waals surface area (Å²) >= 11 is 5.98. The van der Waals surface area contributed by atoms with Crippen LogP contribution in [0.1, 0.15) is 27.2 Å². The largest absolute Gasteiger partial charge is 0.438 e. The highest BCUT2D eigenvalue weighted by atomic mass is 35.5. The fourth-order valence-electron chi connectivity index (χ4n) is 4.12. The molecule has 6 nitrogen and oxygen atoms in total. The van der Waals surface area contributed by atoms with E-state index in [1.165, 1.54) is 12.1 Å². The third-order valence-corrected chi connectivity index (χ3v) is 6.27. The summed E-state index contributed by atoms with van der Waals surface area (Å²) in [5.41, 5.74) is 3.26. The summed E-state index contributed by atoms with van der Waals surface area (Å²) in [6, 6.07) is 22.7. The molecule has 1 aromatic heterocycles. The predicted octanol–water partition coefficient (Wildman–Crippen LogP) is 5.90. The van der Waals surface area contributed by atoms with Gasteiger partial charge in [-0.3, -0.25) is 4.79 Å². The molecule has 0 saturated carbocycles. The summed E-state index contributed by atoms with van der Waals surface area (Å²) in [6.07, 6.45) is 0.559. The number of carbonyl (C=O) groups excluding carboxylic acids is 1. The number of hydrogen-bond acceptors (Lipinski definition) is 5. The first-order valence-corrected chi connectivity index (χ1v) is 12.0. The molecule has 0 aliphatic carbocycles. The molecule has 0 bridgehead atoms. The number of rotatable bonds is 6. The summed E-state index contributed by atoms with van der Waals surface area (Å²) in [4.78, 5) is 26.4. The molecule has 0 radical (unpaired) electrons. The summed E-state index contributed by atoms with van der Waals surface area (Å²) in [7, 11) is 1.93. The topological polar surface area (TPSA) is 58.6 Å². The Morgan fingerprint density at radius 1 is 1.03 bits per heavy atom. The molecule has 2 heterocycles. The van der Waals surface area contributed by atoms with E-state index < -0.39 is 0 Å². The number of ether oxygens (including phenoxy) is 1. The molecule has 1 amide bonds. The van der Waals surface area contributed by atoms with E-state index in [4.69, 9.17) is 26.3 Å². The average molecular weight is 503 g/mol. The Hall–Kier alpha value is -3.97. The van der Waals surface area contributed by atoms with Gasteiger partial charge in [-0.05, 0) is 54.1 Å². The van der Waals surface area contributed by atoms with E-state index >= 15 is 0 Å². The van der Waals surface area contributed by atoms with E-state index in [0.29, 0.717) is 54.2 Å². The van der Waals surface area contributed by atoms with Crippen LogP contribution in [0.5, 0.6) is 11.6 Å². The molecule has 3 aromatic carbocycles. The Labute approximate surface area is 213 Å². The molecular formula is C28H24ClFN4O2. The van der Waals surface area contributed by atoms with E-state index in [1.807, 2.05) is 42.3 Å². The molecule has 0 N–H and O–H groups in total. The van der Waals surface area contributed by atoms with Crippen LogP contribution in [0.4, 0.5) is 10.3 Å². The molecule has 0 unspecified atom stereocenters. The molecule has 0 atom stereocenters. The van der Waals surface area contributed by atoms with Crippen LogP contribution in [-0.2, 0) is 19.5 Å². The van der Waals surface area contributed by atoms with Gasteiger partial charge in [0.25, 0.3) is 5.91 Å². The molecule has 182 valence electrons. The summed E-state index contributed by atoms with van der Waals surface area (Å²) in [5, 5.41) is 0.575. The zero-order valence-electron chi connectivity index (χ0n) is 19.7. The Balaban J connectivity index is 1.46. The third-order valence-electron chi connectivity index (χ3n) is 6.02. The van der Waals surface area contributed by atoms with Gasteiger partial charge in [-0.15, -0.1) is 0 Å². The number of fused-ring (bicyclic) bond motifs is 1. The Bertz CT molecular complexity index is 1370. The fraction of sp³-hybridized carbons (Fsp3) is 0.179. The van der Waals surface area contributed by atoms with Gasteiger partial charge in [0.1, 0.15) is 11.6 Å². The van der Waals surface area contributed by atoms with Crippen molar-refractivity contribution in [2.45, 2.75) is 19.5 Å². The summed E-state index contributed by atoms with van der Waals surface area (Å²) in [6.45, 7) is 1.44. The number of amides is 1. The number of anilines is 1. The lowest BCUT2D eigenvalue weighted by Crippen LogP contribution is -2.37. The molecule has 0 fully saturated rings. The zero-order chi connectivity index (χ0) is 25.1. The van der Waals surface area contributed by atoms with Gasteiger partial charge in [-0.25, -0.2) is 9.37 Å². The minimum atomic E-state index is -0.352. The van der Waals surface area contributed by atoms with Crippen molar-refractivity contribution in [3.05, 3.63) is 112 Å². The maximum Gasteiger partial charge on any atom is 0.254 e. The minimum Gasteiger partial charge on any atom is -0.438 e. The number of nitrogens with zero attached hydrogens (tertiary/aromatic N) is 4. The first kappa shape index (κ1) is 23.8. The van der Waals surface area contributed by atoms with E-state index in [-0.39, 0.29) is 11.7 Å². The molecule has 0 spiro atoms. The number of hydrogen-bond donors (Lipinski definition) is 0. The van der Waals surface area contributed by atoms with Gasteiger partial charge in [0.2, 0.25) is 11.8 Å². The predicted molar refractivity (Wildman–Crippen MR) is 137 cm³/mol. The lowest BCUT2D eigenvalue weighted by molar-refractivity contribution is 0.0732. The molecule has 5 rings (SSSR count). The first-order valence-electron chi connectivity index (χ1n) is 11.6. The van der Waals surface area contributed by atoms with Crippen LogP contribution in [0.2, 0.25) is 5.02 Å². The van der Waals surface area contributed by atoms with Crippen LogP contribution in [-0.4, -0.2) is 34.4 Å². The van der Waals surface area contributed by atoms with E-state index in [1.54, 1.807) is 41.3 Å². The zero-order valence-corrected chi connectivity index (χ0v) is 20.5. The van der Waals surface area contributed by atoms with Crippen LogP contribution in [0.15, 0.2) is 78.9 Å². The van der Waals surface area contributed by atoms with Crippen LogP contribution >= 0.6 is 11.6 Å². The van der Waals surface area contributed by atoms with Crippen molar-refractivity contribution < 1.29 is 13.9 Å². The first-order chi connectivity index (χ1) is 17.5. The van der Waals surface area contributed by atoms with Crippen molar-refractivity contribution in [2.24, 2.45) is 0 Å². The van der Waals surface area contributed by atoms with Gasteiger partial charge in [-0.2, -0.15) is 4.98 Å². The van der Waals surface area contributed by atoms with Crippen LogP contribution in [0.25, 0.3) is 0 Å². The van der Waals surface area contributed by atoms with Gasteiger partial charge in [0.15, 0.2) is 0 Å². The van der Waals surface area contributed by atoms with Crippen LogP contribution in [0.3, 0.4) is 0 Å². The highest BCUT2D eigenvalue weighted by Crippen LogP contribution is 2.32. The normalized spacial score (nSPS) is 12.7. The third kappa shape index (κ3) is 5.31. The van der Waals surface area contributed by atoms with Gasteiger partial charge >= 0.3 is 0 Å². The van der Waals surface area contributed by atoms with E-state index in [0.717, 1.165) is 16.8 Å². The van der Waals surface area contributed by atoms with Gasteiger partial charge in [0.05, 0.1) is 17.8 Å². The highest BCUT2D eigenvalue weighted by Gasteiger charge is 2.28.